The van der Waals surface area contributed by atoms with E-state index in [1.165, 1.54) is 27.1 Å². The molecule has 1 aromatic carbocycles. The molecule has 1 heterocycles. The van der Waals surface area contributed by atoms with Gasteiger partial charge in [0.15, 0.2) is 0 Å². The van der Waals surface area contributed by atoms with Crippen molar-refractivity contribution in [2.45, 2.75) is 6.42 Å². The molecule has 1 N–H and O–H groups in total. The van der Waals surface area contributed by atoms with Gasteiger partial charge in [0.05, 0.1) is 0 Å². The highest BCUT2D eigenvalue weighted by Crippen LogP contribution is 2.36. The molecule has 1 aliphatic carbocycles. The standard InChI is InChI=1S/C17H17NS/c1-18-11-4-7-15-14-6-3-2-5-13(14)8-9-17-16(15)10-12-19-17/h2-3,5-10,12,18H,4,11H2,1H3. The molecule has 0 amide bonds. The molecule has 1 aliphatic rings. The maximum Gasteiger partial charge on any atom is 0.0349 e. The minimum Gasteiger partial charge on any atom is -0.319 e. The molecule has 1 nitrogen and oxygen atoms in total. The summed E-state index contributed by atoms with van der Waals surface area (Å²) in [6.45, 7) is 1.01. The first-order valence-corrected chi connectivity index (χ1v) is 7.48. The van der Waals surface area contributed by atoms with Gasteiger partial charge in [0.2, 0.25) is 0 Å². The number of hydrogen-bond acceptors (Lipinski definition) is 2. The lowest BCUT2D eigenvalue weighted by molar-refractivity contribution is 0.808. The predicted octanol–water partition coefficient (Wildman–Crippen LogP) is 4.27. The summed E-state index contributed by atoms with van der Waals surface area (Å²) < 4.78 is 0. The Morgan fingerprint density at radius 2 is 2.00 bits per heavy atom. The van der Waals surface area contributed by atoms with Crippen LogP contribution in [0.25, 0.3) is 17.7 Å². The van der Waals surface area contributed by atoms with E-state index in [0.29, 0.717) is 0 Å². The Bertz CT molecular complexity index is 634. The Balaban J connectivity index is 2.12. The van der Waals surface area contributed by atoms with Crippen molar-refractivity contribution in [3.05, 3.63) is 63.4 Å². The summed E-state index contributed by atoms with van der Waals surface area (Å²) in [5, 5.41) is 5.38. The average Bonchev–Trinajstić information content (AvgIpc) is 2.85. The Morgan fingerprint density at radius 1 is 1.11 bits per heavy atom. The van der Waals surface area contributed by atoms with Crippen LogP contribution >= 0.6 is 11.3 Å². The average molecular weight is 267 g/mol. The monoisotopic (exact) mass is 267 g/mol. The number of hydrogen-bond donors (Lipinski definition) is 1. The molecule has 0 unspecified atom stereocenters. The zero-order valence-corrected chi connectivity index (χ0v) is 11.8. The number of rotatable bonds is 3. The van der Waals surface area contributed by atoms with E-state index >= 15 is 0 Å². The zero-order valence-electron chi connectivity index (χ0n) is 11.0. The van der Waals surface area contributed by atoms with Crippen LogP contribution in [-0.4, -0.2) is 13.6 Å². The van der Waals surface area contributed by atoms with E-state index in [4.69, 9.17) is 0 Å². The summed E-state index contributed by atoms with van der Waals surface area (Å²) in [5.41, 5.74) is 5.38. The molecular weight excluding hydrogens is 250 g/mol. The molecule has 0 fully saturated rings. The number of thiophene rings is 1. The van der Waals surface area contributed by atoms with Crippen molar-refractivity contribution in [3.8, 4) is 0 Å². The lowest BCUT2D eigenvalue weighted by Crippen LogP contribution is -2.06. The molecule has 2 heteroatoms. The van der Waals surface area contributed by atoms with Crippen molar-refractivity contribution in [2.24, 2.45) is 0 Å². The molecule has 0 saturated carbocycles. The SMILES string of the molecule is CNCCC=C1c2ccccc2C=Cc2sccc21. The first-order chi connectivity index (χ1) is 9.40. The topological polar surface area (TPSA) is 12.0 Å². The smallest absolute Gasteiger partial charge is 0.0349 e. The maximum absolute atomic E-state index is 3.21. The third-order valence-electron chi connectivity index (χ3n) is 3.39. The lowest BCUT2D eigenvalue weighted by Gasteiger charge is -2.09. The third kappa shape index (κ3) is 2.42. The van der Waals surface area contributed by atoms with Crippen LogP contribution in [0.15, 0.2) is 41.8 Å². The summed E-state index contributed by atoms with van der Waals surface area (Å²) in [7, 11) is 2.00. The number of nitrogens with one attached hydrogen (secondary N) is 1. The Kier molecular flexibility index (Phi) is 3.62. The maximum atomic E-state index is 3.21. The van der Waals surface area contributed by atoms with Gasteiger partial charge in [-0.25, -0.2) is 0 Å². The second kappa shape index (κ2) is 5.55. The summed E-state index contributed by atoms with van der Waals surface area (Å²) in [5.74, 6) is 0. The van der Waals surface area contributed by atoms with Crippen LogP contribution in [0, 0.1) is 0 Å². The highest BCUT2D eigenvalue weighted by atomic mass is 32.1. The molecule has 0 aliphatic heterocycles. The molecule has 19 heavy (non-hydrogen) atoms. The van der Waals surface area contributed by atoms with Crippen molar-refractivity contribution in [3.63, 3.8) is 0 Å². The molecular formula is C17H17NS. The number of benzene rings is 1. The first kappa shape index (κ1) is 12.4. The van der Waals surface area contributed by atoms with E-state index in [0.717, 1.165) is 13.0 Å². The second-order valence-electron chi connectivity index (χ2n) is 4.63. The van der Waals surface area contributed by atoms with Gasteiger partial charge in [0.1, 0.15) is 0 Å². The minimum atomic E-state index is 1.01. The molecule has 3 rings (SSSR count). The van der Waals surface area contributed by atoms with E-state index in [2.05, 4.69) is 59.3 Å². The van der Waals surface area contributed by atoms with E-state index in [-0.39, 0.29) is 0 Å². The van der Waals surface area contributed by atoms with Gasteiger partial charge in [-0.1, -0.05) is 36.4 Å². The Hall–Kier alpha value is -1.64. The third-order valence-corrected chi connectivity index (χ3v) is 4.28. The summed E-state index contributed by atoms with van der Waals surface area (Å²) in [6.07, 6.45) is 7.87. The zero-order chi connectivity index (χ0) is 13.1. The summed E-state index contributed by atoms with van der Waals surface area (Å²) in [6, 6.07) is 10.9. The molecule has 0 spiro atoms. The van der Waals surface area contributed by atoms with Crippen LogP contribution in [-0.2, 0) is 0 Å². The fourth-order valence-electron chi connectivity index (χ4n) is 2.45. The van der Waals surface area contributed by atoms with Gasteiger partial charge in [0, 0.05) is 4.88 Å². The predicted molar refractivity (Wildman–Crippen MR) is 85.3 cm³/mol. The van der Waals surface area contributed by atoms with Crippen molar-refractivity contribution in [1.29, 1.82) is 0 Å². The van der Waals surface area contributed by atoms with Crippen LogP contribution in [0.2, 0.25) is 0 Å². The fraction of sp³-hybridized carbons (Fsp3) is 0.176. The highest BCUT2D eigenvalue weighted by molar-refractivity contribution is 7.11. The molecule has 0 atom stereocenters. The van der Waals surface area contributed by atoms with Gasteiger partial charge < -0.3 is 5.32 Å². The molecule has 0 saturated heterocycles. The van der Waals surface area contributed by atoms with Crippen molar-refractivity contribution >= 4 is 29.1 Å². The van der Waals surface area contributed by atoms with Crippen LogP contribution in [0.1, 0.15) is 28.0 Å². The fourth-order valence-corrected chi connectivity index (χ4v) is 3.25. The van der Waals surface area contributed by atoms with Crippen LogP contribution in [0.4, 0.5) is 0 Å². The van der Waals surface area contributed by atoms with E-state index in [9.17, 15) is 0 Å². The Morgan fingerprint density at radius 3 is 2.89 bits per heavy atom. The van der Waals surface area contributed by atoms with E-state index < -0.39 is 0 Å². The van der Waals surface area contributed by atoms with Crippen molar-refractivity contribution in [1.82, 2.24) is 5.32 Å². The van der Waals surface area contributed by atoms with E-state index in [1.54, 1.807) is 0 Å². The lowest BCUT2D eigenvalue weighted by atomic mass is 9.95. The Labute approximate surface area is 118 Å². The van der Waals surface area contributed by atoms with Crippen LogP contribution in [0.5, 0.6) is 0 Å². The quantitative estimate of drug-likeness (QED) is 0.699. The van der Waals surface area contributed by atoms with Gasteiger partial charge in [-0.15, -0.1) is 11.3 Å². The summed E-state index contributed by atoms with van der Waals surface area (Å²) in [4.78, 5) is 1.35. The molecule has 0 radical (unpaired) electrons. The molecule has 0 bridgehead atoms. The van der Waals surface area contributed by atoms with Gasteiger partial charge >= 0.3 is 0 Å². The van der Waals surface area contributed by atoms with E-state index in [1.807, 2.05) is 18.4 Å². The van der Waals surface area contributed by atoms with Gasteiger partial charge in [-0.3, -0.25) is 0 Å². The normalized spacial score (nSPS) is 15.1. The minimum absolute atomic E-state index is 1.01. The summed E-state index contributed by atoms with van der Waals surface area (Å²) >= 11 is 1.81. The van der Waals surface area contributed by atoms with Crippen LogP contribution in [0.3, 0.4) is 0 Å². The molecule has 1 aromatic heterocycles. The van der Waals surface area contributed by atoms with Crippen LogP contribution < -0.4 is 5.32 Å². The van der Waals surface area contributed by atoms with Gasteiger partial charge in [-0.2, -0.15) is 0 Å². The highest BCUT2D eigenvalue weighted by Gasteiger charge is 2.14. The molecule has 2 aromatic rings. The molecule has 96 valence electrons. The first-order valence-electron chi connectivity index (χ1n) is 6.60. The second-order valence-corrected chi connectivity index (χ2v) is 5.58. The van der Waals surface area contributed by atoms with Crippen molar-refractivity contribution < 1.29 is 0 Å². The largest absolute Gasteiger partial charge is 0.319 e. The van der Waals surface area contributed by atoms with Crippen molar-refractivity contribution in [2.75, 3.05) is 13.6 Å². The van der Waals surface area contributed by atoms with Gasteiger partial charge in [-0.05, 0) is 59.8 Å². The number of fused-ring (bicyclic) bond motifs is 2. The van der Waals surface area contributed by atoms with Gasteiger partial charge in [0.25, 0.3) is 0 Å².